The molecule has 1 amide bonds. The number of sulfonamides is 1. The van der Waals surface area contributed by atoms with Gasteiger partial charge in [-0.1, -0.05) is 38.5 Å². The van der Waals surface area contributed by atoms with Crippen molar-refractivity contribution in [2.24, 2.45) is 11.8 Å². The summed E-state index contributed by atoms with van der Waals surface area (Å²) in [5, 5.41) is 11.4. The van der Waals surface area contributed by atoms with Crippen molar-refractivity contribution in [3.05, 3.63) is 53.6 Å². The fourth-order valence-corrected chi connectivity index (χ4v) is 13.4. The molecule has 47 heavy (non-hydrogen) atoms. The third-order valence-corrected chi connectivity index (χ3v) is 18.0. The molecule has 260 valence electrons. The molecule has 1 unspecified atom stereocenters. The number of carbonyl (C=O) groups is 1. The predicted octanol–water partition coefficient (Wildman–Crippen LogP) is 7.22. The molecule has 2 heterocycles. The Labute approximate surface area is 282 Å². The highest BCUT2D eigenvalue weighted by Gasteiger charge is 2.76. The van der Waals surface area contributed by atoms with Crippen LogP contribution in [-0.2, 0) is 24.6 Å². The number of aryl methyl sites for hydroxylation is 1. The van der Waals surface area contributed by atoms with E-state index in [1.54, 1.807) is 46.6 Å². The number of anilines is 1. The Morgan fingerprint density at radius 3 is 2.28 bits per heavy atom. The predicted molar refractivity (Wildman–Crippen MR) is 187 cm³/mol. The Hall–Kier alpha value is -2.44. The normalized spacial score (nSPS) is 26.1. The summed E-state index contributed by atoms with van der Waals surface area (Å²) in [6, 6.07) is 15.7. The van der Waals surface area contributed by atoms with Crippen LogP contribution in [0.2, 0.25) is 18.1 Å². The first-order valence-electron chi connectivity index (χ1n) is 17.3. The van der Waals surface area contributed by atoms with Crippen molar-refractivity contribution in [2.75, 3.05) is 31.8 Å². The minimum atomic E-state index is -4.08. The Balaban J connectivity index is 1.70. The SMILES string of the molecule is CC[Si](CC)(CC)OCC[C@@H]1CCC23N(C(=O)OC(C)(C)C)c4ccc(OC)cc4[C@@]2(CCN3S(=O)(=O)c2ccc(C)cc2)[C@@H]1CO. The van der Waals surface area contributed by atoms with E-state index < -0.39 is 41.1 Å². The largest absolute Gasteiger partial charge is 0.497 e. The van der Waals surface area contributed by atoms with Crippen LogP contribution in [0, 0.1) is 18.8 Å². The quantitative estimate of drug-likeness (QED) is 0.249. The van der Waals surface area contributed by atoms with Crippen molar-refractivity contribution in [2.45, 2.75) is 114 Å². The van der Waals surface area contributed by atoms with E-state index in [1.807, 2.05) is 39.8 Å². The molecule has 9 nitrogen and oxygen atoms in total. The Morgan fingerprint density at radius 1 is 1.04 bits per heavy atom. The summed E-state index contributed by atoms with van der Waals surface area (Å²) < 4.78 is 49.5. The minimum absolute atomic E-state index is 0.0602. The van der Waals surface area contributed by atoms with Crippen LogP contribution in [0.3, 0.4) is 0 Å². The molecule has 2 aliphatic heterocycles. The third-order valence-electron chi connectivity index (χ3n) is 11.4. The second kappa shape index (κ2) is 13.1. The Kier molecular flexibility index (Phi) is 10.0. The van der Waals surface area contributed by atoms with Crippen LogP contribution in [0.5, 0.6) is 5.75 Å². The number of hydrogen-bond acceptors (Lipinski definition) is 7. The number of fused-ring (bicyclic) bond motifs is 1. The van der Waals surface area contributed by atoms with Crippen molar-refractivity contribution >= 4 is 30.1 Å². The number of nitrogens with zero attached hydrogens (tertiary/aromatic N) is 2. The molecule has 0 radical (unpaired) electrons. The van der Waals surface area contributed by atoms with Crippen LogP contribution >= 0.6 is 0 Å². The molecule has 2 aromatic carbocycles. The molecular weight excluding hydrogens is 633 g/mol. The van der Waals surface area contributed by atoms with Crippen LogP contribution in [0.1, 0.15) is 78.4 Å². The molecule has 1 saturated heterocycles. The standard InChI is InChI=1S/C36H54N2O7SSi/c1-9-47(10-2,11-3)44-23-19-27-18-20-36-35(31(27)25-39,21-22-37(36)46(41,42)29-15-12-26(4)13-16-29)30-24-28(43-8)14-17-32(30)38(36)33(40)45-34(5,6)7/h12-17,24,27,31,39H,9-11,18-23,25H2,1-8H3/t27-,31+,35-,36?/m0/s1. The zero-order valence-electron chi connectivity index (χ0n) is 29.5. The molecule has 0 bridgehead atoms. The molecule has 3 aliphatic rings. The van der Waals surface area contributed by atoms with E-state index in [9.17, 15) is 18.3 Å². The van der Waals surface area contributed by atoms with Crippen molar-refractivity contribution in [3.63, 3.8) is 0 Å². The number of benzene rings is 2. The van der Waals surface area contributed by atoms with Crippen LogP contribution in [0.15, 0.2) is 47.4 Å². The summed E-state index contributed by atoms with van der Waals surface area (Å²) in [6.07, 6.45) is 1.62. The van der Waals surface area contributed by atoms with E-state index in [-0.39, 0.29) is 29.9 Å². The average Bonchev–Trinajstić information content (AvgIpc) is 3.51. The molecule has 1 saturated carbocycles. The number of rotatable bonds is 11. The molecule has 11 heteroatoms. The van der Waals surface area contributed by atoms with E-state index in [2.05, 4.69) is 20.8 Å². The van der Waals surface area contributed by atoms with Gasteiger partial charge in [-0.25, -0.2) is 13.2 Å². The lowest BCUT2D eigenvalue weighted by atomic mass is 9.54. The number of carbonyl (C=O) groups excluding carboxylic acids is 1. The van der Waals surface area contributed by atoms with Gasteiger partial charge in [0.1, 0.15) is 17.0 Å². The van der Waals surface area contributed by atoms with Gasteiger partial charge in [0.05, 0.1) is 17.7 Å². The molecule has 0 aromatic heterocycles. The van der Waals surface area contributed by atoms with Crippen molar-refractivity contribution < 1.29 is 32.2 Å². The molecule has 2 fully saturated rings. The van der Waals surface area contributed by atoms with Gasteiger partial charge in [0, 0.05) is 25.2 Å². The number of aliphatic hydroxyl groups is 1. The molecule has 1 N–H and O–H groups in total. The maximum Gasteiger partial charge on any atom is 0.416 e. The fourth-order valence-electron chi connectivity index (χ4n) is 8.92. The number of amides is 1. The van der Waals surface area contributed by atoms with E-state index in [4.69, 9.17) is 13.9 Å². The lowest BCUT2D eigenvalue weighted by Gasteiger charge is -2.56. The van der Waals surface area contributed by atoms with Gasteiger partial charge in [-0.2, -0.15) is 4.31 Å². The number of aliphatic hydroxyl groups excluding tert-OH is 1. The van der Waals surface area contributed by atoms with Crippen molar-refractivity contribution in [1.82, 2.24) is 4.31 Å². The summed E-state index contributed by atoms with van der Waals surface area (Å²) in [5.74, 6) is 0.340. The summed E-state index contributed by atoms with van der Waals surface area (Å²) >= 11 is 0. The van der Waals surface area contributed by atoms with Gasteiger partial charge >= 0.3 is 6.09 Å². The lowest BCUT2D eigenvalue weighted by Crippen LogP contribution is -2.70. The maximum absolute atomic E-state index is 14.8. The van der Waals surface area contributed by atoms with Gasteiger partial charge in [-0.05, 0) is 119 Å². The highest BCUT2D eigenvalue weighted by Crippen LogP contribution is 2.69. The monoisotopic (exact) mass is 686 g/mol. The average molecular weight is 687 g/mol. The Morgan fingerprint density at radius 2 is 1.70 bits per heavy atom. The highest BCUT2D eigenvalue weighted by molar-refractivity contribution is 7.89. The molecule has 4 atom stereocenters. The first-order valence-corrected chi connectivity index (χ1v) is 21.2. The van der Waals surface area contributed by atoms with E-state index in [1.165, 1.54) is 0 Å². The van der Waals surface area contributed by atoms with Gasteiger partial charge in [-0.15, -0.1) is 0 Å². The van der Waals surface area contributed by atoms with Gasteiger partial charge in [-0.3, -0.25) is 4.90 Å². The minimum Gasteiger partial charge on any atom is -0.497 e. The fraction of sp³-hybridized carbons (Fsp3) is 0.639. The number of ether oxygens (including phenoxy) is 2. The molecule has 5 rings (SSSR count). The second-order valence-corrected chi connectivity index (χ2v) is 21.2. The number of hydrogen-bond donors (Lipinski definition) is 1. The van der Waals surface area contributed by atoms with E-state index >= 15 is 0 Å². The van der Waals surface area contributed by atoms with Crippen molar-refractivity contribution in [1.29, 1.82) is 0 Å². The van der Waals surface area contributed by atoms with Crippen LogP contribution in [-0.4, -0.2) is 70.4 Å². The summed E-state index contributed by atoms with van der Waals surface area (Å²) in [6.45, 7) is 14.7. The summed E-state index contributed by atoms with van der Waals surface area (Å²) in [7, 11) is -4.30. The zero-order chi connectivity index (χ0) is 34.4. The highest BCUT2D eigenvalue weighted by atomic mass is 32.2. The van der Waals surface area contributed by atoms with Crippen LogP contribution < -0.4 is 9.64 Å². The van der Waals surface area contributed by atoms with Crippen LogP contribution in [0.25, 0.3) is 0 Å². The first kappa shape index (κ1) is 35.9. The smallest absolute Gasteiger partial charge is 0.416 e. The van der Waals surface area contributed by atoms with Crippen molar-refractivity contribution in [3.8, 4) is 5.75 Å². The second-order valence-electron chi connectivity index (χ2n) is 14.6. The molecule has 0 spiro atoms. The molecular formula is C36H54N2O7SSi. The zero-order valence-corrected chi connectivity index (χ0v) is 31.3. The lowest BCUT2D eigenvalue weighted by molar-refractivity contribution is -0.0238. The topological polar surface area (TPSA) is 106 Å². The maximum atomic E-state index is 14.8. The third kappa shape index (κ3) is 5.73. The van der Waals surface area contributed by atoms with Gasteiger partial charge in [0.25, 0.3) is 0 Å². The van der Waals surface area contributed by atoms with Gasteiger partial charge in [0.2, 0.25) is 10.0 Å². The van der Waals surface area contributed by atoms with E-state index in [0.717, 1.165) is 35.7 Å². The van der Waals surface area contributed by atoms with Gasteiger partial charge in [0.15, 0.2) is 8.32 Å². The Bertz CT molecular complexity index is 1550. The van der Waals surface area contributed by atoms with E-state index in [0.29, 0.717) is 37.3 Å². The van der Waals surface area contributed by atoms with Gasteiger partial charge < -0.3 is 19.0 Å². The first-order chi connectivity index (χ1) is 22.2. The van der Waals surface area contributed by atoms with Crippen LogP contribution in [0.4, 0.5) is 10.5 Å². The molecule has 2 aromatic rings. The summed E-state index contributed by atoms with van der Waals surface area (Å²) in [5.41, 5.74) is -0.657. The summed E-state index contributed by atoms with van der Waals surface area (Å²) in [4.78, 5) is 16.2. The molecule has 1 aliphatic carbocycles. The number of methoxy groups -OCH3 is 1.